The molecule has 1 aromatic rings. The molecule has 0 saturated heterocycles. The molecule has 0 aliphatic rings. The number of rotatable bonds is 5. The van der Waals surface area contributed by atoms with Crippen LogP contribution in [-0.4, -0.2) is 34.0 Å². The van der Waals surface area contributed by atoms with E-state index in [-0.39, 0.29) is 11.3 Å². The van der Waals surface area contributed by atoms with Gasteiger partial charge in [-0.25, -0.2) is 4.79 Å². The second kappa shape index (κ2) is 5.85. The SMILES string of the molecule is Cc1cc(C(=O)N[C@@H](CC(N)=O)C(=O)O)ccc1O. The van der Waals surface area contributed by atoms with Crippen LogP contribution >= 0.6 is 0 Å². The number of hydrogen-bond donors (Lipinski definition) is 4. The molecule has 7 nitrogen and oxygen atoms in total. The van der Waals surface area contributed by atoms with E-state index in [2.05, 4.69) is 5.32 Å². The number of benzene rings is 1. The molecule has 0 bridgehead atoms. The number of nitrogens with two attached hydrogens (primary N) is 1. The van der Waals surface area contributed by atoms with Gasteiger partial charge in [-0.05, 0) is 30.7 Å². The first kappa shape index (κ1) is 14.5. The summed E-state index contributed by atoms with van der Waals surface area (Å²) >= 11 is 0. The van der Waals surface area contributed by atoms with E-state index in [1.165, 1.54) is 18.2 Å². The molecular formula is C12H14N2O5. The molecule has 0 fully saturated rings. The maximum atomic E-state index is 11.8. The van der Waals surface area contributed by atoms with Crippen molar-refractivity contribution in [3.05, 3.63) is 29.3 Å². The predicted molar refractivity (Wildman–Crippen MR) is 65.5 cm³/mol. The highest BCUT2D eigenvalue weighted by atomic mass is 16.4. The maximum Gasteiger partial charge on any atom is 0.326 e. The molecule has 102 valence electrons. The summed E-state index contributed by atoms with van der Waals surface area (Å²) in [6.45, 7) is 1.60. The van der Waals surface area contributed by atoms with Crippen LogP contribution in [0.15, 0.2) is 18.2 Å². The van der Waals surface area contributed by atoms with E-state index in [0.717, 1.165) is 0 Å². The fourth-order valence-corrected chi connectivity index (χ4v) is 1.44. The Bertz CT molecular complexity index is 527. The highest BCUT2D eigenvalue weighted by Gasteiger charge is 2.22. The number of carbonyl (C=O) groups excluding carboxylic acids is 2. The molecule has 0 unspecified atom stereocenters. The molecule has 1 aromatic carbocycles. The normalized spacial score (nSPS) is 11.6. The van der Waals surface area contributed by atoms with Crippen molar-refractivity contribution in [1.29, 1.82) is 0 Å². The molecule has 0 aliphatic carbocycles. The summed E-state index contributed by atoms with van der Waals surface area (Å²) in [5.41, 5.74) is 5.57. The van der Waals surface area contributed by atoms with Crippen LogP contribution in [0, 0.1) is 6.92 Å². The number of aromatic hydroxyl groups is 1. The zero-order chi connectivity index (χ0) is 14.6. The van der Waals surface area contributed by atoms with Gasteiger partial charge in [-0.15, -0.1) is 0 Å². The minimum absolute atomic E-state index is 0.0310. The largest absolute Gasteiger partial charge is 0.508 e. The second-order valence-electron chi connectivity index (χ2n) is 4.04. The number of aliphatic carboxylic acids is 1. The number of phenols is 1. The zero-order valence-electron chi connectivity index (χ0n) is 10.2. The molecule has 1 atom stereocenters. The summed E-state index contributed by atoms with van der Waals surface area (Å²) in [5.74, 6) is -2.79. The Balaban J connectivity index is 2.84. The van der Waals surface area contributed by atoms with Crippen LogP contribution in [0.2, 0.25) is 0 Å². The maximum absolute atomic E-state index is 11.8. The Kier molecular flexibility index (Phi) is 4.46. The van der Waals surface area contributed by atoms with Crippen LogP contribution in [0.4, 0.5) is 0 Å². The summed E-state index contributed by atoms with van der Waals surface area (Å²) in [5, 5.41) is 20.4. The monoisotopic (exact) mass is 266 g/mol. The number of primary amides is 1. The number of carboxylic acid groups (broad SMARTS) is 1. The van der Waals surface area contributed by atoms with Crippen molar-refractivity contribution in [3.63, 3.8) is 0 Å². The predicted octanol–water partition coefficient (Wildman–Crippen LogP) is -0.241. The van der Waals surface area contributed by atoms with Crippen molar-refractivity contribution in [2.45, 2.75) is 19.4 Å². The van der Waals surface area contributed by atoms with Gasteiger partial charge in [-0.2, -0.15) is 0 Å². The van der Waals surface area contributed by atoms with Gasteiger partial charge in [0.15, 0.2) is 0 Å². The zero-order valence-corrected chi connectivity index (χ0v) is 10.2. The van der Waals surface area contributed by atoms with Crippen molar-refractivity contribution < 1.29 is 24.6 Å². The minimum Gasteiger partial charge on any atom is -0.508 e. The average molecular weight is 266 g/mol. The van der Waals surface area contributed by atoms with Gasteiger partial charge >= 0.3 is 5.97 Å². The summed E-state index contributed by atoms with van der Waals surface area (Å²) in [4.78, 5) is 33.4. The highest BCUT2D eigenvalue weighted by Crippen LogP contribution is 2.16. The van der Waals surface area contributed by atoms with E-state index in [0.29, 0.717) is 5.56 Å². The van der Waals surface area contributed by atoms with E-state index in [4.69, 9.17) is 10.8 Å². The molecule has 2 amide bonds. The first-order valence-corrected chi connectivity index (χ1v) is 5.43. The highest BCUT2D eigenvalue weighted by molar-refractivity contribution is 5.97. The number of hydrogen-bond acceptors (Lipinski definition) is 4. The van der Waals surface area contributed by atoms with Crippen molar-refractivity contribution in [3.8, 4) is 5.75 Å². The van der Waals surface area contributed by atoms with Gasteiger partial charge in [0, 0.05) is 5.56 Å². The lowest BCUT2D eigenvalue weighted by Gasteiger charge is -2.13. The smallest absolute Gasteiger partial charge is 0.326 e. The Morgan fingerprint density at radius 3 is 2.47 bits per heavy atom. The van der Waals surface area contributed by atoms with Gasteiger partial charge in [0.2, 0.25) is 5.91 Å². The van der Waals surface area contributed by atoms with E-state index in [1.807, 2.05) is 0 Å². The van der Waals surface area contributed by atoms with Crippen LogP contribution in [-0.2, 0) is 9.59 Å². The van der Waals surface area contributed by atoms with Crippen molar-refractivity contribution in [2.75, 3.05) is 0 Å². The van der Waals surface area contributed by atoms with Gasteiger partial charge in [-0.1, -0.05) is 0 Å². The first-order chi connectivity index (χ1) is 8.81. The Hall–Kier alpha value is -2.57. The summed E-state index contributed by atoms with van der Waals surface area (Å²) in [6, 6.07) is 2.71. The quantitative estimate of drug-likeness (QED) is 0.584. The molecule has 0 radical (unpaired) electrons. The molecule has 0 aliphatic heterocycles. The van der Waals surface area contributed by atoms with Crippen LogP contribution in [0.5, 0.6) is 5.75 Å². The Morgan fingerprint density at radius 2 is 2.00 bits per heavy atom. The van der Waals surface area contributed by atoms with Gasteiger partial charge in [-0.3, -0.25) is 9.59 Å². The second-order valence-corrected chi connectivity index (χ2v) is 4.04. The third kappa shape index (κ3) is 3.98. The van der Waals surface area contributed by atoms with Crippen LogP contribution < -0.4 is 11.1 Å². The lowest BCUT2D eigenvalue weighted by molar-refractivity contribution is -0.140. The Labute approximate surface area is 109 Å². The number of amides is 2. The fourth-order valence-electron chi connectivity index (χ4n) is 1.44. The van der Waals surface area contributed by atoms with Crippen molar-refractivity contribution >= 4 is 17.8 Å². The fraction of sp³-hybridized carbons (Fsp3) is 0.250. The van der Waals surface area contributed by atoms with Gasteiger partial charge in [0.05, 0.1) is 6.42 Å². The van der Waals surface area contributed by atoms with Gasteiger partial charge in [0.1, 0.15) is 11.8 Å². The van der Waals surface area contributed by atoms with Gasteiger partial charge < -0.3 is 21.3 Å². The van der Waals surface area contributed by atoms with Crippen molar-refractivity contribution in [2.24, 2.45) is 5.73 Å². The number of carboxylic acids is 1. The summed E-state index contributed by atoms with van der Waals surface area (Å²) in [7, 11) is 0. The Morgan fingerprint density at radius 1 is 1.37 bits per heavy atom. The minimum atomic E-state index is -1.38. The van der Waals surface area contributed by atoms with E-state index >= 15 is 0 Å². The summed E-state index contributed by atoms with van der Waals surface area (Å²) in [6.07, 6.45) is -0.488. The number of carbonyl (C=O) groups is 3. The first-order valence-electron chi connectivity index (χ1n) is 5.43. The number of nitrogens with one attached hydrogen (secondary N) is 1. The van der Waals surface area contributed by atoms with Crippen LogP contribution in [0.1, 0.15) is 22.3 Å². The van der Waals surface area contributed by atoms with Gasteiger partial charge in [0.25, 0.3) is 5.91 Å². The molecule has 0 heterocycles. The molecular weight excluding hydrogens is 252 g/mol. The van der Waals surface area contributed by atoms with Crippen molar-refractivity contribution in [1.82, 2.24) is 5.32 Å². The molecule has 0 aromatic heterocycles. The summed E-state index contributed by atoms with van der Waals surface area (Å²) < 4.78 is 0. The molecule has 0 saturated carbocycles. The van der Waals surface area contributed by atoms with E-state index < -0.39 is 30.2 Å². The lowest BCUT2D eigenvalue weighted by Crippen LogP contribution is -2.43. The molecule has 7 heteroatoms. The van der Waals surface area contributed by atoms with Crippen LogP contribution in [0.3, 0.4) is 0 Å². The number of phenolic OH excluding ortho intramolecular Hbond substituents is 1. The standard InChI is InChI=1S/C12H14N2O5/c1-6-4-7(2-3-9(6)15)11(17)14-8(12(18)19)5-10(13)16/h2-4,8,15H,5H2,1H3,(H2,13,16)(H,14,17)(H,18,19)/t8-/m0/s1. The molecule has 5 N–H and O–H groups in total. The topological polar surface area (TPSA) is 130 Å². The average Bonchev–Trinajstić information content (AvgIpc) is 2.31. The van der Waals surface area contributed by atoms with Crippen LogP contribution in [0.25, 0.3) is 0 Å². The molecule has 0 spiro atoms. The van der Waals surface area contributed by atoms with E-state index in [1.54, 1.807) is 6.92 Å². The molecule has 19 heavy (non-hydrogen) atoms. The molecule has 1 rings (SSSR count). The third-order valence-electron chi connectivity index (χ3n) is 2.47. The lowest BCUT2D eigenvalue weighted by atomic mass is 10.1. The third-order valence-corrected chi connectivity index (χ3v) is 2.47. The number of aryl methyl sites for hydroxylation is 1. The van der Waals surface area contributed by atoms with E-state index in [9.17, 15) is 19.5 Å².